The van der Waals surface area contributed by atoms with E-state index in [1.165, 1.54) is 51.1 Å². The Morgan fingerprint density at radius 3 is 0.847 bits per heavy atom. The average molecular weight is 1280 g/mol. The smallest absolute Gasteiger partial charge is 0.436 e. The van der Waals surface area contributed by atoms with Crippen LogP contribution in [0.5, 0.6) is 0 Å². The van der Waals surface area contributed by atoms with Crippen molar-refractivity contribution >= 4 is 57.8 Å². The van der Waals surface area contributed by atoms with Crippen molar-refractivity contribution in [2.45, 2.75) is 0 Å². The molecular formula is C88H58BClN4O4. The summed E-state index contributed by atoms with van der Waals surface area (Å²) in [5, 5.41) is 17.9. The highest BCUT2D eigenvalue weighted by Crippen LogP contribution is 2.40. The minimum absolute atomic E-state index is 0.400. The highest BCUT2D eigenvalue weighted by Gasteiger charge is 2.19. The highest BCUT2D eigenvalue weighted by atomic mass is 35.5. The summed E-state index contributed by atoms with van der Waals surface area (Å²) < 4.78 is 12.7. The molecule has 464 valence electrons. The van der Waals surface area contributed by atoms with Gasteiger partial charge in [-0.25, -0.2) is 19.7 Å². The predicted molar refractivity (Wildman–Crippen MR) is 402 cm³/mol. The van der Waals surface area contributed by atoms with Gasteiger partial charge in [0.05, 0.1) is 13.1 Å². The Morgan fingerprint density at radius 2 is 0.531 bits per heavy atom. The lowest BCUT2D eigenvalue weighted by molar-refractivity contribution is 0.426. The van der Waals surface area contributed by atoms with E-state index in [0.29, 0.717) is 39.2 Å². The predicted octanol–water partition coefficient (Wildman–Crippen LogP) is 23.1. The monoisotopic (exact) mass is 1280 g/mol. The van der Waals surface area contributed by atoms with E-state index in [0.717, 1.165) is 88.9 Å². The maximum Gasteiger partial charge on any atom is 0.488 e. The Kier molecular flexibility index (Phi) is 18.5. The van der Waals surface area contributed by atoms with Crippen LogP contribution in [0.15, 0.2) is 349 Å². The third-order valence-corrected chi connectivity index (χ3v) is 17.3. The summed E-state index contributed by atoms with van der Waals surface area (Å²) >= 11 is 6.51. The normalized spacial score (nSPS) is 10.8. The van der Waals surface area contributed by atoms with Crippen LogP contribution >= 0.6 is 11.6 Å². The van der Waals surface area contributed by atoms with Crippen LogP contribution in [0.3, 0.4) is 0 Å². The molecule has 2 heterocycles. The lowest BCUT2D eigenvalue weighted by Gasteiger charge is -2.09. The zero-order valence-electron chi connectivity index (χ0n) is 52.8. The summed E-state index contributed by atoms with van der Waals surface area (Å²) in [4.78, 5) is 16.7. The lowest BCUT2D eigenvalue weighted by Crippen LogP contribution is -2.29. The zero-order chi connectivity index (χ0) is 66.7. The van der Waals surface area contributed by atoms with Crippen molar-refractivity contribution < 1.29 is 18.9 Å². The Bertz CT molecular complexity index is 5470. The molecule has 0 atom stereocenters. The first-order chi connectivity index (χ1) is 48.2. The first-order valence-electron chi connectivity index (χ1n) is 31.9. The molecule has 2 N–H and O–H groups in total. The van der Waals surface area contributed by atoms with Gasteiger partial charge in [0.25, 0.3) is 0 Å². The Balaban J connectivity index is 0.000000146. The lowest BCUT2D eigenvalue weighted by atomic mass is 9.80. The number of aromatic nitrogens is 2. The Labute approximate surface area is 573 Å². The van der Waals surface area contributed by atoms with Crippen molar-refractivity contribution in [3.05, 3.63) is 368 Å². The summed E-state index contributed by atoms with van der Waals surface area (Å²) in [6.07, 6.45) is 0. The van der Waals surface area contributed by atoms with Crippen LogP contribution in [-0.4, -0.2) is 27.1 Å². The van der Waals surface area contributed by atoms with Gasteiger partial charge < -0.3 is 18.9 Å². The van der Waals surface area contributed by atoms with E-state index in [4.69, 9.17) is 53.6 Å². The fourth-order valence-corrected chi connectivity index (χ4v) is 12.1. The molecule has 0 radical (unpaired) electrons. The molecule has 0 spiro atoms. The molecule has 0 bridgehead atoms. The van der Waals surface area contributed by atoms with Gasteiger partial charge in [0, 0.05) is 33.3 Å². The molecule has 0 aliphatic heterocycles. The second kappa shape index (κ2) is 28.9. The fourth-order valence-electron chi connectivity index (χ4n) is 11.9. The van der Waals surface area contributed by atoms with E-state index in [-0.39, 0.29) is 0 Å². The van der Waals surface area contributed by atoms with Crippen molar-refractivity contribution in [2.75, 3.05) is 0 Å². The molecule has 0 aliphatic carbocycles. The number of halogens is 1. The number of hydrogen-bond acceptors (Lipinski definition) is 6. The van der Waals surface area contributed by atoms with Gasteiger partial charge >= 0.3 is 7.12 Å². The third kappa shape index (κ3) is 14.2. The summed E-state index contributed by atoms with van der Waals surface area (Å²) in [5.41, 5.74) is 26.5. The number of nitrogens with zero attached hydrogens (tertiary/aromatic N) is 4. The molecule has 0 amide bonds. The van der Waals surface area contributed by atoms with Crippen LogP contribution in [0.2, 0.25) is 5.02 Å². The molecule has 0 aliphatic rings. The van der Waals surface area contributed by atoms with Crippen molar-refractivity contribution in [3.8, 4) is 123 Å². The summed E-state index contributed by atoms with van der Waals surface area (Å²) in [5.74, 6) is 1.15. The summed E-state index contributed by atoms with van der Waals surface area (Å²) in [6, 6.07) is 114. The molecule has 0 saturated carbocycles. The topological polar surface area (TPSA) is 101 Å². The maximum absolute atomic E-state index is 8.67. The molecule has 8 nitrogen and oxygen atoms in total. The fraction of sp³-hybridized carbons (Fsp3) is 0. The molecule has 16 rings (SSSR count). The summed E-state index contributed by atoms with van der Waals surface area (Å²) in [6.45, 7) is 14.0. The van der Waals surface area contributed by atoms with Crippen molar-refractivity contribution in [1.29, 1.82) is 0 Å². The van der Waals surface area contributed by atoms with Gasteiger partial charge in [-0.2, -0.15) is 0 Å². The van der Waals surface area contributed by atoms with E-state index in [1.807, 2.05) is 66.7 Å². The van der Waals surface area contributed by atoms with Crippen molar-refractivity contribution in [2.24, 2.45) is 0 Å². The van der Waals surface area contributed by atoms with Crippen LogP contribution in [0.1, 0.15) is 0 Å². The van der Waals surface area contributed by atoms with Crippen LogP contribution in [0, 0.1) is 13.1 Å². The standard InChI is InChI=1S/C44H28N2O.C37H24ClNO.C7H6BNO2/c1-45-40-26-24-36(25-27-40)39-28-41(37-20-16-33(17-21-37)31-10-6-3-7-11-31)43-42(29-39)47-44(46-43)38-22-18-35(19-23-38)34-14-12-32(13-15-34)30-8-4-2-5-9-30;38-33-23-34(31-19-15-28(16-20-31)26-9-5-2-6-10-26)36-35(24-33)40-37(39-36)32-21-17-30(18-22-32)29-13-11-27(12-14-29)25-7-3-1-4-8-25;1-9-7-4-2-6(3-5-7)8(10)11/h2-29H;1-24H;2-5,10-11H. The third-order valence-electron chi connectivity index (χ3n) is 17.1. The average Bonchev–Trinajstić information content (AvgIpc) is 1.63. The van der Waals surface area contributed by atoms with Gasteiger partial charge in [0.2, 0.25) is 11.8 Å². The maximum atomic E-state index is 8.67. The first-order valence-corrected chi connectivity index (χ1v) is 32.3. The molecule has 98 heavy (non-hydrogen) atoms. The SMILES string of the molecule is Clc1cc(-c2ccc(-c3ccccc3)cc2)c2nc(-c3ccc(-c4ccc(-c5ccccc5)cc4)cc3)oc2c1.[C-]#[N+]c1ccc(-c2cc(-c3ccc(-c4ccccc4)cc3)c3nc(-c4ccc(-c5ccc(-c6ccccc6)cc5)cc4)oc3c2)cc1.[C-]#[N+]c1ccc(B(O)O)cc1. The molecule has 16 aromatic rings. The summed E-state index contributed by atoms with van der Waals surface area (Å²) in [7, 11) is -1.45. The van der Waals surface area contributed by atoms with E-state index >= 15 is 0 Å². The zero-order valence-corrected chi connectivity index (χ0v) is 53.5. The molecule has 2 aromatic heterocycles. The molecule has 14 aromatic carbocycles. The van der Waals surface area contributed by atoms with E-state index in [2.05, 4.69) is 258 Å². The van der Waals surface area contributed by atoms with Gasteiger partial charge in [-0.05, 0) is 137 Å². The van der Waals surface area contributed by atoms with Gasteiger partial charge in [-0.15, -0.1) is 0 Å². The Morgan fingerprint density at radius 1 is 0.276 bits per heavy atom. The Hall–Kier alpha value is -12.7. The second-order valence-corrected chi connectivity index (χ2v) is 23.8. The van der Waals surface area contributed by atoms with Crippen molar-refractivity contribution in [1.82, 2.24) is 9.97 Å². The second-order valence-electron chi connectivity index (χ2n) is 23.4. The highest BCUT2D eigenvalue weighted by molar-refractivity contribution is 6.58. The van der Waals surface area contributed by atoms with Gasteiger partial charge in [0.1, 0.15) is 11.0 Å². The number of fused-ring (bicyclic) bond motifs is 2. The number of rotatable bonds is 12. The van der Waals surface area contributed by atoms with Crippen LogP contribution in [0.4, 0.5) is 11.4 Å². The molecule has 0 fully saturated rings. The van der Waals surface area contributed by atoms with Crippen molar-refractivity contribution in [3.63, 3.8) is 0 Å². The van der Waals surface area contributed by atoms with Gasteiger partial charge in [-0.3, -0.25) is 0 Å². The van der Waals surface area contributed by atoms with Gasteiger partial charge in [0.15, 0.2) is 22.5 Å². The first kappa shape index (κ1) is 62.7. The van der Waals surface area contributed by atoms with Crippen LogP contribution < -0.4 is 5.46 Å². The van der Waals surface area contributed by atoms with Crippen LogP contribution in [0.25, 0.3) is 155 Å². The van der Waals surface area contributed by atoms with Crippen LogP contribution in [-0.2, 0) is 0 Å². The quantitative estimate of drug-likeness (QED) is 0.0934. The molecule has 0 saturated heterocycles. The van der Waals surface area contributed by atoms with E-state index in [1.54, 1.807) is 12.1 Å². The molecular weight excluding hydrogens is 1220 g/mol. The number of benzene rings is 14. The number of oxazole rings is 2. The minimum Gasteiger partial charge on any atom is -0.436 e. The van der Waals surface area contributed by atoms with E-state index in [9.17, 15) is 0 Å². The minimum atomic E-state index is -1.45. The van der Waals surface area contributed by atoms with E-state index < -0.39 is 7.12 Å². The number of hydrogen-bond donors (Lipinski definition) is 2. The largest absolute Gasteiger partial charge is 0.488 e. The molecule has 0 unspecified atom stereocenters. The molecule has 10 heteroatoms. The van der Waals surface area contributed by atoms with Gasteiger partial charge in [-0.1, -0.05) is 303 Å².